The van der Waals surface area contributed by atoms with E-state index in [0.717, 1.165) is 29.8 Å². The summed E-state index contributed by atoms with van der Waals surface area (Å²) >= 11 is 0. The molecule has 0 saturated carbocycles. The zero-order valence-corrected chi connectivity index (χ0v) is 11.6. The highest BCUT2D eigenvalue weighted by Crippen LogP contribution is 2.35. The third kappa shape index (κ3) is 2.73. The number of aliphatic hydroxyl groups is 1. The van der Waals surface area contributed by atoms with Crippen LogP contribution in [0, 0.1) is 0 Å². The maximum absolute atomic E-state index is 12.4. The lowest BCUT2D eigenvalue weighted by molar-refractivity contribution is -0.126. The Labute approximate surface area is 114 Å². The molecular weight excluding hydrogens is 242 g/mol. The van der Waals surface area contributed by atoms with Crippen molar-refractivity contribution in [3.8, 4) is 5.75 Å². The molecular formula is C15H21NO3. The van der Waals surface area contributed by atoms with Gasteiger partial charge in [0.1, 0.15) is 5.75 Å². The quantitative estimate of drug-likeness (QED) is 0.888. The minimum absolute atomic E-state index is 0.0264. The summed E-state index contributed by atoms with van der Waals surface area (Å²) < 4.78 is 5.73. The zero-order chi connectivity index (χ0) is 13.8. The van der Waals surface area contributed by atoms with Crippen molar-refractivity contribution in [2.45, 2.75) is 45.8 Å². The van der Waals surface area contributed by atoms with Gasteiger partial charge in [0.2, 0.25) is 0 Å². The summed E-state index contributed by atoms with van der Waals surface area (Å²) in [7, 11) is 0. The molecule has 0 spiro atoms. The van der Waals surface area contributed by atoms with Crippen LogP contribution >= 0.6 is 0 Å². The molecule has 1 unspecified atom stereocenters. The number of hydrogen-bond donors (Lipinski definition) is 1. The first-order valence-corrected chi connectivity index (χ1v) is 6.93. The maximum atomic E-state index is 12.4. The summed E-state index contributed by atoms with van der Waals surface area (Å²) in [6, 6.07) is 5.52. The van der Waals surface area contributed by atoms with Crippen molar-refractivity contribution >= 4 is 11.6 Å². The number of hydrogen-bond acceptors (Lipinski definition) is 3. The van der Waals surface area contributed by atoms with Crippen LogP contribution in [0.5, 0.6) is 5.75 Å². The summed E-state index contributed by atoms with van der Waals surface area (Å²) in [5, 5.41) is 9.22. The fourth-order valence-corrected chi connectivity index (χ4v) is 2.27. The first-order valence-electron chi connectivity index (χ1n) is 6.93. The Hall–Kier alpha value is -1.55. The number of carbonyl (C=O) groups is 1. The molecule has 1 aromatic carbocycles. The van der Waals surface area contributed by atoms with E-state index in [1.165, 1.54) is 0 Å². The van der Waals surface area contributed by atoms with Gasteiger partial charge in [-0.1, -0.05) is 26.3 Å². The molecule has 1 atom stereocenters. The number of unbranched alkanes of at least 4 members (excludes halogenated alkanes) is 1. The largest absolute Gasteiger partial charge is 0.478 e. The fourth-order valence-electron chi connectivity index (χ4n) is 2.27. The molecule has 0 bridgehead atoms. The van der Waals surface area contributed by atoms with Gasteiger partial charge in [0.15, 0.2) is 6.10 Å². The second-order valence-corrected chi connectivity index (χ2v) is 4.82. The van der Waals surface area contributed by atoms with E-state index in [9.17, 15) is 9.90 Å². The highest BCUT2D eigenvalue weighted by Gasteiger charge is 2.32. The Morgan fingerprint density at radius 3 is 2.79 bits per heavy atom. The molecule has 1 aliphatic rings. The topological polar surface area (TPSA) is 49.8 Å². The molecule has 1 aliphatic heterocycles. The average molecular weight is 263 g/mol. The third-order valence-electron chi connectivity index (χ3n) is 3.41. The number of benzene rings is 1. The van der Waals surface area contributed by atoms with Gasteiger partial charge in [-0.2, -0.15) is 0 Å². The molecule has 4 nitrogen and oxygen atoms in total. The van der Waals surface area contributed by atoms with Gasteiger partial charge in [-0.25, -0.2) is 0 Å². The number of nitrogens with zero attached hydrogens (tertiary/aromatic N) is 1. The standard InChI is InChI=1S/C15H21NO3/c1-3-5-8-16-12-9-11(10-17)6-7-14(12)19-13(4-2)15(16)18/h6-7,9,13,17H,3-5,8,10H2,1-2H3. The van der Waals surface area contributed by atoms with Gasteiger partial charge in [0, 0.05) is 6.54 Å². The van der Waals surface area contributed by atoms with Crippen molar-refractivity contribution < 1.29 is 14.6 Å². The third-order valence-corrected chi connectivity index (χ3v) is 3.41. The van der Waals surface area contributed by atoms with E-state index in [1.807, 2.05) is 25.1 Å². The number of fused-ring (bicyclic) bond motifs is 1. The molecule has 2 rings (SSSR count). The molecule has 0 aliphatic carbocycles. The number of ether oxygens (including phenoxy) is 1. The van der Waals surface area contributed by atoms with Crippen LogP contribution in [0.25, 0.3) is 0 Å². The van der Waals surface area contributed by atoms with Crippen molar-refractivity contribution in [2.24, 2.45) is 0 Å². The van der Waals surface area contributed by atoms with Crippen LogP contribution in [0.2, 0.25) is 0 Å². The van der Waals surface area contributed by atoms with E-state index in [0.29, 0.717) is 13.0 Å². The number of aliphatic hydroxyl groups excluding tert-OH is 1. The number of rotatable bonds is 5. The molecule has 1 amide bonds. The predicted octanol–water partition coefficient (Wildman–Crippen LogP) is 2.48. The van der Waals surface area contributed by atoms with Crippen molar-refractivity contribution in [1.29, 1.82) is 0 Å². The summed E-state index contributed by atoms with van der Waals surface area (Å²) in [5.74, 6) is 0.762. The number of anilines is 1. The Morgan fingerprint density at radius 1 is 1.37 bits per heavy atom. The van der Waals surface area contributed by atoms with Crippen LogP contribution in [-0.2, 0) is 11.4 Å². The molecule has 104 valence electrons. The van der Waals surface area contributed by atoms with E-state index in [2.05, 4.69) is 6.92 Å². The lowest BCUT2D eigenvalue weighted by Crippen LogP contribution is -2.46. The molecule has 0 fully saturated rings. The normalized spacial score (nSPS) is 18.2. The predicted molar refractivity (Wildman–Crippen MR) is 74.3 cm³/mol. The smallest absolute Gasteiger partial charge is 0.268 e. The van der Waals surface area contributed by atoms with Crippen molar-refractivity contribution in [2.75, 3.05) is 11.4 Å². The molecule has 0 saturated heterocycles. The summed E-state index contributed by atoms with van der Waals surface area (Å²) in [5.41, 5.74) is 1.58. The van der Waals surface area contributed by atoms with Gasteiger partial charge < -0.3 is 14.7 Å². The van der Waals surface area contributed by atoms with Gasteiger partial charge in [0.05, 0.1) is 12.3 Å². The zero-order valence-electron chi connectivity index (χ0n) is 11.6. The molecule has 1 N–H and O–H groups in total. The maximum Gasteiger partial charge on any atom is 0.268 e. The van der Waals surface area contributed by atoms with Gasteiger partial charge >= 0.3 is 0 Å². The first-order chi connectivity index (χ1) is 9.21. The molecule has 1 heterocycles. The monoisotopic (exact) mass is 263 g/mol. The molecule has 1 aromatic rings. The van der Waals surface area contributed by atoms with E-state index in [1.54, 1.807) is 4.90 Å². The van der Waals surface area contributed by atoms with Gasteiger partial charge in [0.25, 0.3) is 5.91 Å². The van der Waals surface area contributed by atoms with Crippen LogP contribution in [0.15, 0.2) is 18.2 Å². The second kappa shape index (κ2) is 6.06. The Bertz CT molecular complexity index is 459. The van der Waals surface area contributed by atoms with Crippen LogP contribution in [0.4, 0.5) is 5.69 Å². The van der Waals surface area contributed by atoms with E-state index in [4.69, 9.17) is 4.74 Å². The number of amides is 1. The van der Waals surface area contributed by atoms with Crippen molar-refractivity contribution in [3.63, 3.8) is 0 Å². The highest BCUT2D eigenvalue weighted by atomic mass is 16.5. The minimum atomic E-state index is -0.385. The van der Waals surface area contributed by atoms with Gasteiger partial charge in [-0.3, -0.25) is 4.79 Å². The van der Waals surface area contributed by atoms with Gasteiger partial charge in [-0.15, -0.1) is 0 Å². The highest BCUT2D eigenvalue weighted by molar-refractivity contribution is 6.00. The Kier molecular flexibility index (Phi) is 4.43. The van der Waals surface area contributed by atoms with E-state index < -0.39 is 0 Å². The van der Waals surface area contributed by atoms with Crippen molar-refractivity contribution in [3.05, 3.63) is 23.8 Å². The van der Waals surface area contributed by atoms with Crippen molar-refractivity contribution in [1.82, 2.24) is 0 Å². The van der Waals surface area contributed by atoms with E-state index in [-0.39, 0.29) is 18.6 Å². The molecule has 0 aromatic heterocycles. The lowest BCUT2D eigenvalue weighted by atomic mass is 10.1. The summed E-state index contributed by atoms with van der Waals surface area (Å²) in [6.07, 6.45) is 2.29. The molecule has 4 heteroatoms. The second-order valence-electron chi connectivity index (χ2n) is 4.82. The minimum Gasteiger partial charge on any atom is -0.478 e. The molecule has 19 heavy (non-hydrogen) atoms. The SMILES string of the molecule is CCCCN1C(=O)C(CC)Oc2ccc(CO)cc21. The van der Waals surface area contributed by atoms with Crippen LogP contribution in [0.1, 0.15) is 38.7 Å². The number of carbonyl (C=O) groups excluding carboxylic acids is 1. The lowest BCUT2D eigenvalue weighted by Gasteiger charge is -2.34. The van der Waals surface area contributed by atoms with E-state index >= 15 is 0 Å². The van der Waals surface area contributed by atoms with Crippen LogP contribution in [-0.4, -0.2) is 23.7 Å². The molecule has 0 radical (unpaired) electrons. The first kappa shape index (κ1) is 13.9. The van der Waals surface area contributed by atoms with Crippen LogP contribution in [0.3, 0.4) is 0 Å². The van der Waals surface area contributed by atoms with Crippen LogP contribution < -0.4 is 9.64 Å². The Balaban J connectivity index is 2.36. The van der Waals surface area contributed by atoms with Gasteiger partial charge in [-0.05, 0) is 30.5 Å². The summed E-state index contributed by atoms with van der Waals surface area (Å²) in [4.78, 5) is 14.2. The Morgan fingerprint density at radius 2 is 2.16 bits per heavy atom. The average Bonchev–Trinajstić information content (AvgIpc) is 2.45. The summed E-state index contributed by atoms with van der Waals surface area (Å²) in [6.45, 7) is 4.73. The fraction of sp³-hybridized carbons (Fsp3) is 0.533.